The summed E-state index contributed by atoms with van der Waals surface area (Å²) in [7, 11) is 0. The van der Waals surface area contributed by atoms with E-state index in [9.17, 15) is 20.0 Å². The summed E-state index contributed by atoms with van der Waals surface area (Å²) in [5, 5.41) is 26.6. The van der Waals surface area contributed by atoms with Gasteiger partial charge in [0.25, 0.3) is 11.6 Å². The van der Waals surface area contributed by atoms with Crippen molar-refractivity contribution in [2.45, 2.75) is 6.92 Å². The van der Waals surface area contributed by atoms with Crippen molar-refractivity contribution in [3.8, 4) is 5.75 Å². The van der Waals surface area contributed by atoms with Crippen LogP contribution >= 0.6 is 0 Å². The minimum absolute atomic E-state index is 0.0621. The fourth-order valence-electron chi connectivity index (χ4n) is 2.55. The fourth-order valence-corrected chi connectivity index (χ4v) is 2.55. The lowest BCUT2D eigenvalue weighted by atomic mass is 10.1. The van der Waals surface area contributed by atoms with Gasteiger partial charge in [-0.2, -0.15) is 5.10 Å². The molecule has 1 amide bonds. The van der Waals surface area contributed by atoms with Crippen LogP contribution in [0.15, 0.2) is 59.7 Å². The van der Waals surface area contributed by atoms with Crippen molar-refractivity contribution in [2.24, 2.45) is 5.10 Å². The predicted molar refractivity (Wildman–Crippen MR) is 98.5 cm³/mol. The van der Waals surface area contributed by atoms with E-state index in [1.807, 2.05) is 24.3 Å². The molecule has 0 aromatic heterocycles. The number of hydrazone groups is 1. The van der Waals surface area contributed by atoms with Gasteiger partial charge in [0.2, 0.25) is 0 Å². The van der Waals surface area contributed by atoms with Crippen LogP contribution < -0.4 is 5.43 Å². The second kappa shape index (κ2) is 7.02. The Morgan fingerprint density at radius 2 is 1.96 bits per heavy atom. The van der Waals surface area contributed by atoms with Crippen LogP contribution in [0.1, 0.15) is 21.5 Å². The molecule has 0 aliphatic rings. The van der Waals surface area contributed by atoms with Gasteiger partial charge < -0.3 is 5.11 Å². The molecule has 0 atom stereocenters. The highest BCUT2D eigenvalue weighted by atomic mass is 16.6. The van der Waals surface area contributed by atoms with Crippen molar-refractivity contribution in [1.29, 1.82) is 0 Å². The summed E-state index contributed by atoms with van der Waals surface area (Å²) in [6.45, 7) is 1.60. The Balaban J connectivity index is 1.79. The van der Waals surface area contributed by atoms with Crippen LogP contribution in [-0.4, -0.2) is 22.2 Å². The van der Waals surface area contributed by atoms with Gasteiger partial charge in [0.1, 0.15) is 5.75 Å². The van der Waals surface area contributed by atoms with Crippen molar-refractivity contribution in [2.75, 3.05) is 0 Å². The number of aromatic hydroxyl groups is 1. The molecule has 0 heterocycles. The van der Waals surface area contributed by atoms with Gasteiger partial charge >= 0.3 is 0 Å². The number of hydrogen-bond acceptors (Lipinski definition) is 5. The van der Waals surface area contributed by atoms with Gasteiger partial charge in [-0.3, -0.25) is 14.9 Å². The molecule has 7 nitrogen and oxygen atoms in total. The van der Waals surface area contributed by atoms with E-state index >= 15 is 0 Å². The van der Waals surface area contributed by atoms with Crippen LogP contribution in [0.3, 0.4) is 0 Å². The molecule has 0 saturated heterocycles. The maximum absolute atomic E-state index is 12.1. The van der Waals surface area contributed by atoms with Crippen LogP contribution in [-0.2, 0) is 0 Å². The number of nitro groups is 1. The average Bonchev–Trinajstić information content (AvgIpc) is 2.64. The molecular weight excluding hydrogens is 334 g/mol. The second-order valence-corrected chi connectivity index (χ2v) is 5.68. The van der Waals surface area contributed by atoms with E-state index in [2.05, 4.69) is 10.5 Å². The minimum atomic E-state index is -0.579. The molecule has 3 aromatic rings. The topological polar surface area (TPSA) is 105 Å². The lowest BCUT2D eigenvalue weighted by Crippen LogP contribution is -2.17. The van der Waals surface area contributed by atoms with Gasteiger partial charge in [-0.1, -0.05) is 36.4 Å². The third-order valence-electron chi connectivity index (χ3n) is 3.97. The predicted octanol–water partition coefficient (Wildman–Crippen LogP) is 3.53. The van der Waals surface area contributed by atoms with Gasteiger partial charge in [0.15, 0.2) is 0 Å². The number of nitro benzene ring substituents is 1. The van der Waals surface area contributed by atoms with Gasteiger partial charge in [-0.25, -0.2) is 5.43 Å². The van der Waals surface area contributed by atoms with Gasteiger partial charge in [0, 0.05) is 28.1 Å². The molecule has 26 heavy (non-hydrogen) atoms. The number of benzene rings is 3. The van der Waals surface area contributed by atoms with Crippen molar-refractivity contribution >= 4 is 28.6 Å². The molecule has 3 rings (SSSR count). The number of nitrogens with zero attached hydrogens (tertiary/aromatic N) is 2. The van der Waals surface area contributed by atoms with Crippen LogP contribution in [0.25, 0.3) is 10.8 Å². The fraction of sp³-hybridized carbons (Fsp3) is 0.0526. The molecule has 7 heteroatoms. The molecule has 3 aromatic carbocycles. The zero-order valence-corrected chi connectivity index (χ0v) is 13.8. The Hall–Kier alpha value is -3.74. The van der Waals surface area contributed by atoms with Crippen molar-refractivity contribution < 1.29 is 14.8 Å². The highest BCUT2D eigenvalue weighted by Gasteiger charge is 2.14. The van der Waals surface area contributed by atoms with E-state index in [0.717, 1.165) is 5.39 Å². The SMILES string of the molecule is Cc1ccc(C(=O)N/N=C/c2ccc3ccccc3c2O)cc1[N+](=O)[O-]. The summed E-state index contributed by atoms with van der Waals surface area (Å²) in [6, 6.07) is 15.1. The van der Waals surface area contributed by atoms with E-state index in [0.29, 0.717) is 16.5 Å². The minimum Gasteiger partial charge on any atom is -0.507 e. The monoisotopic (exact) mass is 349 g/mol. The molecule has 0 spiro atoms. The number of fused-ring (bicyclic) bond motifs is 1. The summed E-state index contributed by atoms with van der Waals surface area (Å²) in [6.07, 6.45) is 1.32. The lowest BCUT2D eigenvalue weighted by Gasteiger charge is -2.04. The van der Waals surface area contributed by atoms with Crippen molar-refractivity contribution in [3.63, 3.8) is 0 Å². The van der Waals surface area contributed by atoms with Gasteiger partial charge in [-0.15, -0.1) is 0 Å². The highest BCUT2D eigenvalue weighted by molar-refractivity contribution is 5.98. The molecule has 0 unspecified atom stereocenters. The van der Waals surface area contributed by atoms with Crippen molar-refractivity contribution in [1.82, 2.24) is 5.43 Å². The Kier molecular flexibility index (Phi) is 4.62. The first kappa shape index (κ1) is 17.1. The number of phenolic OH excluding ortho intramolecular Hbond substituents is 1. The number of aryl methyl sites for hydroxylation is 1. The number of nitrogens with one attached hydrogen (secondary N) is 1. The molecule has 0 fully saturated rings. The zero-order valence-electron chi connectivity index (χ0n) is 13.8. The average molecular weight is 349 g/mol. The molecular formula is C19H15N3O4. The van der Waals surface area contributed by atoms with Crippen LogP contribution in [0.4, 0.5) is 5.69 Å². The molecule has 0 bridgehead atoms. The van der Waals surface area contributed by atoms with Crippen LogP contribution in [0.2, 0.25) is 0 Å². The summed E-state index contributed by atoms with van der Waals surface area (Å²) in [5.41, 5.74) is 3.21. The third-order valence-corrected chi connectivity index (χ3v) is 3.97. The van der Waals surface area contributed by atoms with E-state index in [-0.39, 0.29) is 17.0 Å². The number of hydrogen-bond donors (Lipinski definition) is 2. The molecule has 130 valence electrons. The van der Waals surface area contributed by atoms with Crippen LogP contribution in [0, 0.1) is 17.0 Å². The normalized spacial score (nSPS) is 11.0. The second-order valence-electron chi connectivity index (χ2n) is 5.68. The summed E-state index contributed by atoms with van der Waals surface area (Å²) in [5.74, 6) is -0.517. The first-order valence-corrected chi connectivity index (χ1v) is 7.76. The first-order chi connectivity index (χ1) is 12.5. The van der Waals surface area contributed by atoms with E-state index < -0.39 is 10.8 Å². The van der Waals surface area contributed by atoms with E-state index in [1.165, 1.54) is 24.4 Å². The van der Waals surface area contributed by atoms with Crippen LogP contribution in [0.5, 0.6) is 5.75 Å². The van der Waals surface area contributed by atoms with Crippen molar-refractivity contribution in [3.05, 3.63) is 81.4 Å². The largest absolute Gasteiger partial charge is 0.507 e. The maximum atomic E-state index is 12.1. The number of amides is 1. The molecule has 0 aliphatic carbocycles. The molecule has 0 aliphatic heterocycles. The summed E-state index contributed by atoms with van der Waals surface area (Å²) >= 11 is 0. The summed E-state index contributed by atoms with van der Waals surface area (Å²) < 4.78 is 0. The Labute approximate surface area is 148 Å². The third kappa shape index (κ3) is 3.36. The quantitative estimate of drug-likeness (QED) is 0.427. The summed E-state index contributed by atoms with van der Waals surface area (Å²) in [4.78, 5) is 22.5. The molecule has 0 radical (unpaired) electrons. The van der Waals surface area contributed by atoms with E-state index in [4.69, 9.17) is 0 Å². The zero-order chi connectivity index (χ0) is 18.7. The molecule has 2 N–H and O–H groups in total. The highest BCUT2D eigenvalue weighted by Crippen LogP contribution is 2.27. The molecule has 0 saturated carbocycles. The van der Waals surface area contributed by atoms with E-state index in [1.54, 1.807) is 19.1 Å². The Bertz CT molecular complexity index is 1040. The van der Waals surface area contributed by atoms with Gasteiger partial charge in [-0.05, 0) is 24.4 Å². The number of carbonyl (C=O) groups is 1. The Morgan fingerprint density at radius 1 is 1.19 bits per heavy atom. The smallest absolute Gasteiger partial charge is 0.273 e. The number of rotatable bonds is 4. The first-order valence-electron chi connectivity index (χ1n) is 7.76. The standard InChI is InChI=1S/C19H15N3O4/c1-12-6-7-14(10-17(12)22(25)26)19(24)21-20-11-15-9-8-13-4-2-3-5-16(13)18(15)23/h2-11,23H,1H3,(H,21,24)/b20-11+. The number of phenols is 1. The maximum Gasteiger partial charge on any atom is 0.273 e. The van der Waals surface area contributed by atoms with Gasteiger partial charge in [0.05, 0.1) is 11.1 Å². The lowest BCUT2D eigenvalue weighted by molar-refractivity contribution is -0.385. The Morgan fingerprint density at radius 3 is 2.73 bits per heavy atom. The number of carbonyl (C=O) groups excluding carboxylic acids is 1.